The number of ether oxygens (including phenoxy) is 1. The van der Waals surface area contributed by atoms with Crippen molar-refractivity contribution >= 4 is 11.9 Å². The molecule has 102 valence electrons. The molecule has 0 aliphatic heterocycles. The van der Waals surface area contributed by atoms with E-state index in [9.17, 15) is 9.59 Å². The second kappa shape index (κ2) is 5.71. The van der Waals surface area contributed by atoms with E-state index in [1.54, 1.807) is 0 Å². The summed E-state index contributed by atoms with van der Waals surface area (Å²) in [4.78, 5) is 21.8. The van der Waals surface area contributed by atoms with E-state index in [4.69, 9.17) is 10.5 Å². The number of rotatable bonds is 4. The Morgan fingerprint density at radius 3 is 2.95 bits per heavy atom. The molecule has 1 aromatic carbocycles. The largest absolute Gasteiger partial charge is 0.483 e. The summed E-state index contributed by atoms with van der Waals surface area (Å²) in [7, 11) is 1.92. The third-order valence-corrected chi connectivity index (χ3v) is 3.20. The van der Waals surface area contributed by atoms with Gasteiger partial charge in [-0.2, -0.15) is 0 Å². The highest BCUT2D eigenvalue weighted by Crippen LogP contribution is 2.36. The first-order chi connectivity index (χ1) is 9.11. The van der Waals surface area contributed by atoms with Gasteiger partial charge >= 0.3 is 6.03 Å². The highest BCUT2D eigenvalue weighted by Gasteiger charge is 2.24. The fraction of sp³-hybridized carbons (Fsp3) is 0.385. The van der Waals surface area contributed by atoms with Gasteiger partial charge in [0.2, 0.25) is 0 Å². The van der Waals surface area contributed by atoms with Crippen molar-refractivity contribution < 1.29 is 14.3 Å². The Kier molecular flexibility index (Phi) is 4.01. The topological polar surface area (TPSA) is 93.4 Å². The first-order valence-electron chi connectivity index (χ1n) is 6.13. The van der Waals surface area contributed by atoms with Crippen LogP contribution >= 0.6 is 0 Å². The molecule has 6 nitrogen and oxygen atoms in total. The van der Waals surface area contributed by atoms with Crippen LogP contribution in [0.3, 0.4) is 0 Å². The molecule has 19 heavy (non-hydrogen) atoms. The maximum Gasteiger partial charge on any atom is 0.318 e. The number of hydrogen-bond donors (Lipinski definition) is 3. The molecule has 4 N–H and O–H groups in total. The number of amides is 3. The fourth-order valence-corrected chi connectivity index (χ4v) is 2.37. The van der Waals surface area contributed by atoms with Crippen molar-refractivity contribution in [1.29, 1.82) is 0 Å². The SMILES string of the molecule is CNC1CCc2c(OCC(=O)NC(N)=O)cccc21. The summed E-state index contributed by atoms with van der Waals surface area (Å²) in [5, 5.41) is 5.21. The molecular formula is C13H17N3O3. The van der Waals surface area contributed by atoms with Crippen LogP contribution in [0.1, 0.15) is 23.6 Å². The molecule has 1 aromatic rings. The molecule has 0 saturated carbocycles. The van der Waals surface area contributed by atoms with Gasteiger partial charge in [0.1, 0.15) is 5.75 Å². The molecule has 1 aliphatic rings. The van der Waals surface area contributed by atoms with Crippen LogP contribution in [0.15, 0.2) is 18.2 Å². The summed E-state index contributed by atoms with van der Waals surface area (Å²) in [5.41, 5.74) is 7.18. The molecule has 0 saturated heterocycles. The molecule has 0 fully saturated rings. The van der Waals surface area contributed by atoms with Crippen LogP contribution in [0.25, 0.3) is 0 Å². The Hall–Kier alpha value is -2.08. The van der Waals surface area contributed by atoms with E-state index in [-0.39, 0.29) is 6.61 Å². The maximum absolute atomic E-state index is 11.3. The van der Waals surface area contributed by atoms with Crippen LogP contribution in [0.4, 0.5) is 4.79 Å². The van der Waals surface area contributed by atoms with Crippen molar-refractivity contribution in [3.05, 3.63) is 29.3 Å². The number of nitrogens with two attached hydrogens (primary N) is 1. The van der Waals surface area contributed by atoms with E-state index in [0.717, 1.165) is 18.4 Å². The van der Waals surface area contributed by atoms with E-state index in [0.29, 0.717) is 11.8 Å². The standard InChI is InChI=1S/C13H17N3O3/c1-15-10-6-5-9-8(10)3-2-4-11(9)19-7-12(17)16-13(14)18/h2-4,10,15H,5-7H2,1H3,(H3,14,16,17,18). The molecule has 0 bridgehead atoms. The first kappa shape index (κ1) is 13.4. The third kappa shape index (κ3) is 3.03. The molecule has 0 heterocycles. The van der Waals surface area contributed by atoms with Crippen molar-refractivity contribution in [3.63, 3.8) is 0 Å². The third-order valence-electron chi connectivity index (χ3n) is 3.20. The number of primary amides is 1. The van der Waals surface area contributed by atoms with Crippen LogP contribution < -0.4 is 21.1 Å². The second-order valence-corrected chi connectivity index (χ2v) is 4.40. The zero-order valence-electron chi connectivity index (χ0n) is 10.7. The minimum atomic E-state index is -0.873. The Morgan fingerprint density at radius 2 is 2.26 bits per heavy atom. The number of imide groups is 1. The molecule has 0 aromatic heterocycles. The molecule has 1 aliphatic carbocycles. The van der Waals surface area contributed by atoms with Gasteiger partial charge in [-0.15, -0.1) is 0 Å². The average molecular weight is 263 g/mol. The normalized spacial score (nSPS) is 16.8. The summed E-state index contributed by atoms with van der Waals surface area (Å²) in [5.74, 6) is 0.142. The Bertz CT molecular complexity index is 502. The number of fused-ring (bicyclic) bond motifs is 1. The maximum atomic E-state index is 11.3. The minimum Gasteiger partial charge on any atom is -0.483 e. The molecule has 3 amide bonds. The van der Waals surface area contributed by atoms with Crippen LogP contribution in [0, 0.1) is 0 Å². The lowest BCUT2D eigenvalue weighted by atomic mass is 10.1. The quantitative estimate of drug-likeness (QED) is 0.736. The van der Waals surface area contributed by atoms with E-state index < -0.39 is 11.9 Å². The Labute approximate surface area is 111 Å². The smallest absolute Gasteiger partial charge is 0.318 e. The van der Waals surface area contributed by atoms with Crippen molar-refractivity contribution in [1.82, 2.24) is 10.6 Å². The van der Waals surface area contributed by atoms with Gasteiger partial charge in [0, 0.05) is 6.04 Å². The molecule has 1 unspecified atom stereocenters. The van der Waals surface area contributed by atoms with Gasteiger partial charge in [0.25, 0.3) is 5.91 Å². The fourth-order valence-electron chi connectivity index (χ4n) is 2.37. The lowest BCUT2D eigenvalue weighted by Gasteiger charge is -2.12. The van der Waals surface area contributed by atoms with Gasteiger partial charge in [0.05, 0.1) is 0 Å². The average Bonchev–Trinajstić information content (AvgIpc) is 2.79. The van der Waals surface area contributed by atoms with Crippen molar-refractivity contribution in [2.75, 3.05) is 13.7 Å². The van der Waals surface area contributed by atoms with E-state index in [1.807, 2.05) is 24.5 Å². The van der Waals surface area contributed by atoms with Gasteiger partial charge in [0.15, 0.2) is 6.61 Å². The van der Waals surface area contributed by atoms with Gasteiger partial charge in [-0.1, -0.05) is 12.1 Å². The number of benzene rings is 1. The highest BCUT2D eigenvalue weighted by molar-refractivity contribution is 5.94. The summed E-state index contributed by atoms with van der Waals surface area (Å²) < 4.78 is 5.46. The number of nitrogens with one attached hydrogen (secondary N) is 2. The molecule has 1 atom stereocenters. The summed E-state index contributed by atoms with van der Waals surface area (Å²) >= 11 is 0. The van der Waals surface area contributed by atoms with E-state index >= 15 is 0 Å². The summed E-state index contributed by atoms with van der Waals surface area (Å²) in [6.07, 6.45) is 1.92. The number of urea groups is 1. The number of carbonyl (C=O) groups is 2. The van der Waals surface area contributed by atoms with E-state index in [2.05, 4.69) is 11.4 Å². The lowest BCUT2D eigenvalue weighted by molar-refractivity contribution is -0.121. The molecule has 2 rings (SSSR count). The summed E-state index contributed by atoms with van der Waals surface area (Å²) in [6.45, 7) is -0.219. The van der Waals surface area contributed by atoms with Crippen LogP contribution in [0.2, 0.25) is 0 Å². The van der Waals surface area contributed by atoms with Crippen LogP contribution in [-0.2, 0) is 11.2 Å². The van der Waals surface area contributed by atoms with Crippen molar-refractivity contribution in [2.45, 2.75) is 18.9 Å². The predicted octanol–water partition coefficient (Wildman–Crippen LogP) is 0.467. The van der Waals surface area contributed by atoms with Crippen molar-refractivity contribution in [3.8, 4) is 5.75 Å². The van der Waals surface area contributed by atoms with Gasteiger partial charge < -0.3 is 15.8 Å². The highest BCUT2D eigenvalue weighted by atomic mass is 16.5. The Balaban J connectivity index is 2.04. The van der Waals surface area contributed by atoms with Gasteiger partial charge in [-0.25, -0.2) is 4.79 Å². The molecule has 0 spiro atoms. The van der Waals surface area contributed by atoms with Gasteiger partial charge in [-0.05, 0) is 37.1 Å². The molecule has 6 heteroatoms. The zero-order chi connectivity index (χ0) is 13.8. The monoisotopic (exact) mass is 263 g/mol. The molecular weight excluding hydrogens is 246 g/mol. The summed E-state index contributed by atoms with van der Waals surface area (Å²) in [6, 6.07) is 5.24. The predicted molar refractivity (Wildman–Crippen MR) is 69.8 cm³/mol. The van der Waals surface area contributed by atoms with Crippen molar-refractivity contribution in [2.24, 2.45) is 5.73 Å². The van der Waals surface area contributed by atoms with E-state index in [1.165, 1.54) is 5.56 Å². The zero-order valence-corrected chi connectivity index (χ0v) is 10.7. The van der Waals surface area contributed by atoms with Crippen LogP contribution in [-0.4, -0.2) is 25.6 Å². The van der Waals surface area contributed by atoms with Crippen LogP contribution in [0.5, 0.6) is 5.75 Å². The van der Waals surface area contributed by atoms with Gasteiger partial charge in [-0.3, -0.25) is 10.1 Å². The first-order valence-corrected chi connectivity index (χ1v) is 6.13. The number of hydrogen-bond acceptors (Lipinski definition) is 4. The molecule has 0 radical (unpaired) electrons. The minimum absolute atomic E-state index is 0.219. The Morgan fingerprint density at radius 1 is 1.47 bits per heavy atom. The second-order valence-electron chi connectivity index (χ2n) is 4.40. The lowest BCUT2D eigenvalue weighted by Crippen LogP contribution is -2.38. The number of carbonyl (C=O) groups excluding carboxylic acids is 2.